The van der Waals surface area contributed by atoms with Crippen LogP contribution in [0.5, 0.6) is 11.5 Å². The second kappa shape index (κ2) is 6.28. The Bertz CT molecular complexity index is 464. The number of carbonyl (C=O) groups is 1. The molecule has 0 N–H and O–H groups in total. The zero-order valence-corrected chi connectivity index (χ0v) is 12.8. The second-order valence-electron chi connectivity index (χ2n) is 4.52. The van der Waals surface area contributed by atoms with Crippen LogP contribution in [0.1, 0.15) is 23.2 Å². The fourth-order valence-electron chi connectivity index (χ4n) is 2.40. The molecule has 1 aromatic carbocycles. The lowest BCUT2D eigenvalue weighted by atomic mass is 10.1. The number of benzene rings is 1. The third-order valence-electron chi connectivity index (χ3n) is 3.45. The number of likely N-dealkylation sites (tertiary alicyclic amines) is 1. The van der Waals surface area contributed by atoms with Gasteiger partial charge in [-0.1, -0.05) is 15.9 Å². The Morgan fingerprint density at radius 3 is 2.74 bits per heavy atom. The lowest BCUT2D eigenvalue weighted by Gasteiger charge is -2.23. The van der Waals surface area contributed by atoms with E-state index in [9.17, 15) is 4.79 Å². The predicted octanol–water partition coefficient (Wildman–Crippen LogP) is 2.70. The molecule has 1 heterocycles. The van der Waals surface area contributed by atoms with Gasteiger partial charge in [0.1, 0.15) is 0 Å². The summed E-state index contributed by atoms with van der Waals surface area (Å²) in [6.45, 7) is 0.823. The molecule has 1 saturated heterocycles. The molecule has 1 atom stereocenters. The molecule has 19 heavy (non-hydrogen) atoms. The molecule has 1 aliphatic rings. The summed E-state index contributed by atoms with van der Waals surface area (Å²) in [7, 11) is 3.16. The van der Waals surface area contributed by atoms with Crippen LogP contribution in [0.25, 0.3) is 0 Å². The number of carbonyl (C=O) groups excluding carboxylic acids is 1. The van der Waals surface area contributed by atoms with Crippen molar-refractivity contribution in [2.24, 2.45) is 0 Å². The van der Waals surface area contributed by atoms with Gasteiger partial charge < -0.3 is 14.4 Å². The first kappa shape index (κ1) is 14.2. The Morgan fingerprint density at radius 2 is 2.11 bits per heavy atom. The van der Waals surface area contributed by atoms with Gasteiger partial charge in [-0.3, -0.25) is 4.79 Å². The van der Waals surface area contributed by atoms with Gasteiger partial charge in [0.05, 0.1) is 14.2 Å². The third-order valence-corrected chi connectivity index (χ3v) is 4.19. The van der Waals surface area contributed by atoms with E-state index in [1.807, 2.05) is 4.90 Å². The lowest BCUT2D eigenvalue weighted by Crippen LogP contribution is -2.36. The summed E-state index contributed by atoms with van der Waals surface area (Å²) in [5, 5.41) is 0.825. The molecule has 2 rings (SSSR count). The van der Waals surface area contributed by atoms with E-state index >= 15 is 0 Å². The zero-order chi connectivity index (χ0) is 13.8. The highest BCUT2D eigenvalue weighted by Crippen LogP contribution is 2.29. The van der Waals surface area contributed by atoms with Gasteiger partial charge in [0.25, 0.3) is 5.91 Å². The number of rotatable bonds is 4. The maximum Gasteiger partial charge on any atom is 0.254 e. The molecule has 0 bridgehead atoms. The largest absolute Gasteiger partial charge is 0.493 e. The number of halogens is 1. The lowest BCUT2D eigenvalue weighted by molar-refractivity contribution is 0.0750. The van der Waals surface area contributed by atoms with Crippen LogP contribution < -0.4 is 9.47 Å². The molecule has 0 radical (unpaired) electrons. The van der Waals surface area contributed by atoms with Gasteiger partial charge in [-0.2, -0.15) is 0 Å². The Hall–Kier alpha value is -1.23. The molecule has 1 amide bonds. The maximum absolute atomic E-state index is 12.5. The van der Waals surface area contributed by atoms with Crippen LogP contribution in [0.2, 0.25) is 0 Å². The van der Waals surface area contributed by atoms with Crippen molar-refractivity contribution >= 4 is 21.8 Å². The third kappa shape index (κ3) is 2.86. The fourth-order valence-corrected chi connectivity index (χ4v) is 3.07. The van der Waals surface area contributed by atoms with Gasteiger partial charge >= 0.3 is 0 Å². The van der Waals surface area contributed by atoms with Crippen molar-refractivity contribution in [3.05, 3.63) is 23.8 Å². The Kier molecular flexibility index (Phi) is 4.69. The molecule has 5 heteroatoms. The van der Waals surface area contributed by atoms with Crippen molar-refractivity contribution in [2.75, 3.05) is 26.1 Å². The van der Waals surface area contributed by atoms with Crippen LogP contribution in [0.15, 0.2) is 18.2 Å². The van der Waals surface area contributed by atoms with Crippen LogP contribution in [0, 0.1) is 0 Å². The zero-order valence-electron chi connectivity index (χ0n) is 11.2. The van der Waals surface area contributed by atoms with Crippen molar-refractivity contribution in [1.29, 1.82) is 0 Å². The maximum atomic E-state index is 12.5. The topological polar surface area (TPSA) is 38.8 Å². The summed E-state index contributed by atoms with van der Waals surface area (Å²) in [6, 6.07) is 5.59. The molecular formula is C14H18BrNO3. The highest BCUT2D eigenvalue weighted by atomic mass is 79.9. The van der Waals surface area contributed by atoms with Crippen LogP contribution in [-0.2, 0) is 0 Å². The molecule has 1 aromatic rings. The second-order valence-corrected chi connectivity index (χ2v) is 5.17. The molecule has 1 aliphatic heterocycles. The molecule has 0 aromatic heterocycles. The number of nitrogens with zero attached hydrogens (tertiary/aromatic N) is 1. The molecule has 0 spiro atoms. The van der Waals surface area contributed by atoms with E-state index in [4.69, 9.17) is 9.47 Å². The van der Waals surface area contributed by atoms with Gasteiger partial charge in [0.2, 0.25) is 0 Å². The first-order valence-corrected chi connectivity index (χ1v) is 7.42. The number of hydrogen-bond donors (Lipinski definition) is 0. The van der Waals surface area contributed by atoms with E-state index in [-0.39, 0.29) is 5.91 Å². The molecule has 4 nitrogen and oxygen atoms in total. The number of alkyl halides is 1. The molecule has 0 saturated carbocycles. The standard InChI is InChI=1S/C14H18BrNO3/c1-18-12-6-5-10(8-13(12)19-2)14(17)16-7-3-4-11(16)9-15/h5-6,8,11H,3-4,7,9H2,1-2H3/t11-/m0/s1. The summed E-state index contributed by atoms with van der Waals surface area (Å²) < 4.78 is 10.4. The monoisotopic (exact) mass is 327 g/mol. The van der Waals surface area contributed by atoms with Crippen LogP contribution in [-0.4, -0.2) is 42.9 Å². The smallest absolute Gasteiger partial charge is 0.254 e. The Labute approximate surface area is 121 Å². The van der Waals surface area contributed by atoms with E-state index in [2.05, 4.69) is 15.9 Å². The highest BCUT2D eigenvalue weighted by molar-refractivity contribution is 9.09. The molecule has 0 aliphatic carbocycles. The Morgan fingerprint density at radius 1 is 1.37 bits per heavy atom. The molecule has 104 valence electrons. The van der Waals surface area contributed by atoms with E-state index in [1.54, 1.807) is 32.4 Å². The van der Waals surface area contributed by atoms with Gasteiger partial charge in [-0.25, -0.2) is 0 Å². The summed E-state index contributed by atoms with van der Waals surface area (Å²) in [6.07, 6.45) is 2.12. The predicted molar refractivity (Wildman–Crippen MR) is 77.4 cm³/mol. The SMILES string of the molecule is COc1ccc(C(=O)N2CCC[C@H]2CBr)cc1OC. The highest BCUT2D eigenvalue weighted by Gasteiger charge is 2.28. The first-order chi connectivity index (χ1) is 9.21. The number of amides is 1. The quantitative estimate of drug-likeness (QED) is 0.798. The summed E-state index contributed by atoms with van der Waals surface area (Å²) in [5.74, 6) is 1.28. The average Bonchev–Trinajstić information content (AvgIpc) is 2.94. The minimum absolute atomic E-state index is 0.0582. The van der Waals surface area contributed by atoms with E-state index < -0.39 is 0 Å². The normalized spacial score (nSPS) is 18.5. The molecule has 1 fully saturated rings. The fraction of sp³-hybridized carbons (Fsp3) is 0.500. The number of methoxy groups -OCH3 is 2. The molecule has 0 unspecified atom stereocenters. The van der Waals surface area contributed by atoms with Crippen molar-refractivity contribution in [2.45, 2.75) is 18.9 Å². The van der Waals surface area contributed by atoms with Crippen LogP contribution in [0.4, 0.5) is 0 Å². The van der Waals surface area contributed by atoms with Crippen LogP contribution in [0.3, 0.4) is 0 Å². The Balaban J connectivity index is 2.24. The number of ether oxygens (including phenoxy) is 2. The van der Waals surface area contributed by atoms with Crippen molar-refractivity contribution < 1.29 is 14.3 Å². The molecular weight excluding hydrogens is 310 g/mol. The number of hydrogen-bond acceptors (Lipinski definition) is 3. The van der Waals surface area contributed by atoms with Gasteiger partial charge in [-0.05, 0) is 31.0 Å². The van der Waals surface area contributed by atoms with E-state index in [1.165, 1.54) is 0 Å². The van der Waals surface area contributed by atoms with E-state index in [0.717, 1.165) is 24.7 Å². The average molecular weight is 328 g/mol. The van der Waals surface area contributed by atoms with Gasteiger partial charge in [-0.15, -0.1) is 0 Å². The van der Waals surface area contributed by atoms with Crippen molar-refractivity contribution in [3.8, 4) is 11.5 Å². The van der Waals surface area contributed by atoms with Crippen molar-refractivity contribution in [3.63, 3.8) is 0 Å². The van der Waals surface area contributed by atoms with Crippen LogP contribution >= 0.6 is 15.9 Å². The summed E-state index contributed by atoms with van der Waals surface area (Å²) in [4.78, 5) is 14.4. The first-order valence-electron chi connectivity index (χ1n) is 6.30. The van der Waals surface area contributed by atoms with Gasteiger partial charge in [0.15, 0.2) is 11.5 Å². The van der Waals surface area contributed by atoms with Gasteiger partial charge in [0, 0.05) is 23.5 Å². The van der Waals surface area contributed by atoms with Crippen molar-refractivity contribution in [1.82, 2.24) is 4.90 Å². The minimum Gasteiger partial charge on any atom is -0.493 e. The summed E-state index contributed by atoms with van der Waals surface area (Å²) in [5.41, 5.74) is 0.644. The summed E-state index contributed by atoms with van der Waals surface area (Å²) >= 11 is 3.47. The minimum atomic E-state index is 0.0582. The van der Waals surface area contributed by atoms with E-state index in [0.29, 0.717) is 23.1 Å².